The highest BCUT2D eigenvalue weighted by Crippen LogP contribution is 2.41. The quantitative estimate of drug-likeness (QED) is 0.396. The molecular weight excluding hydrogens is 428 g/mol. The van der Waals surface area contributed by atoms with Gasteiger partial charge in [0.15, 0.2) is 5.65 Å². The number of fused-ring (bicyclic) bond motifs is 2. The van der Waals surface area contributed by atoms with Gasteiger partial charge in [-0.05, 0) is 72.9 Å². The summed E-state index contributed by atoms with van der Waals surface area (Å²) in [7, 11) is 0. The van der Waals surface area contributed by atoms with E-state index in [1.54, 1.807) is 39.5 Å². The fraction of sp³-hybridized carbons (Fsp3) is 0.167. The highest BCUT2D eigenvalue weighted by molar-refractivity contribution is 5.81. The molecule has 0 saturated heterocycles. The summed E-state index contributed by atoms with van der Waals surface area (Å²) in [6.45, 7) is -2.92. The molecule has 0 atom stereocenters. The minimum Gasteiger partial charge on any atom is -0.435 e. The van der Waals surface area contributed by atoms with Crippen LogP contribution in [0.2, 0.25) is 0 Å². The smallest absolute Gasteiger partial charge is 0.387 e. The van der Waals surface area contributed by atoms with Gasteiger partial charge in [-0.2, -0.15) is 13.9 Å². The van der Waals surface area contributed by atoms with Crippen molar-refractivity contribution in [1.29, 1.82) is 0 Å². The van der Waals surface area contributed by atoms with E-state index in [0.717, 1.165) is 18.4 Å². The Hall–Kier alpha value is -4.14. The Morgan fingerprint density at radius 3 is 2.61 bits per heavy atom. The molecule has 0 N–H and O–H groups in total. The number of hydrogen-bond donors (Lipinski definition) is 0. The summed E-state index contributed by atoms with van der Waals surface area (Å²) in [5.74, 6) is 0.518. The second kappa shape index (κ2) is 7.47. The Morgan fingerprint density at radius 2 is 1.85 bits per heavy atom. The first-order valence-corrected chi connectivity index (χ1v) is 10.5. The van der Waals surface area contributed by atoms with Gasteiger partial charge in [-0.1, -0.05) is 6.07 Å². The van der Waals surface area contributed by atoms with E-state index in [1.165, 1.54) is 18.5 Å². The molecule has 1 aliphatic rings. The van der Waals surface area contributed by atoms with Crippen molar-refractivity contribution < 1.29 is 13.5 Å². The van der Waals surface area contributed by atoms with Gasteiger partial charge in [-0.25, -0.2) is 14.5 Å². The van der Waals surface area contributed by atoms with E-state index in [4.69, 9.17) is 0 Å². The molecule has 0 amide bonds. The normalized spacial score (nSPS) is 13.8. The molecule has 1 saturated carbocycles. The predicted octanol–water partition coefficient (Wildman–Crippen LogP) is 4.57. The SMILES string of the molecule is O=c1c(-c2ccc3ncnn3c2)nc2ccc(C3CC3)cc2n1-c1ccc(OC(F)F)cc1. The van der Waals surface area contributed by atoms with Crippen LogP contribution >= 0.6 is 0 Å². The monoisotopic (exact) mass is 445 g/mol. The summed E-state index contributed by atoms with van der Waals surface area (Å²) in [5.41, 5.74) is 4.19. The van der Waals surface area contributed by atoms with Crippen LogP contribution in [0, 0.1) is 0 Å². The van der Waals surface area contributed by atoms with E-state index < -0.39 is 6.61 Å². The zero-order chi connectivity index (χ0) is 22.5. The summed E-state index contributed by atoms with van der Waals surface area (Å²) in [4.78, 5) is 22.5. The van der Waals surface area contributed by atoms with Gasteiger partial charge in [-0.3, -0.25) is 9.36 Å². The highest BCUT2D eigenvalue weighted by atomic mass is 19.3. The molecule has 0 aliphatic heterocycles. The second-order valence-electron chi connectivity index (χ2n) is 7.98. The van der Waals surface area contributed by atoms with E-state index in [1.807, 2.05) is 18.2 Å². The lowest BCUT2D eigenvalue weighted by Gasteiger charge is -2.14. The molecule has 0 bridgehead atoms. The Bertz CT molecular complexity index is 1560. The minimum absolute atomic E-state index is 0.0238. The largest absolute Gasteiger partial charge is 0.435 e. The van der Waals surface area contributed by atoms with Gasteiger partial charge >= 0.3 is 6.61 Å². The number of alkyl halides is 2. The lowest BCUT2D eigenvalue weighted by molar-refractivity contribution is -0.0498. The molecule has 0 radical (unpaired) electrons. The van der Waals surface area contributed by atoms with Crippen molar-refractivity contribution in [3.05, 3.63) is 83.0 Å². The number of ether oxygens (including phenoxy) is 1. The molecule has 3 aromatic heterocycles. The minimum atomic E-state index is -2.92. The van der Waals surface area contributed by atoms with Gasteiger partial charge in [0.1, 0.15) is 17.8 Å². The Labute approximate surface area is 185 Å². The van der Waals surface area contributed by atoms with Crippen LogP contribution < -0.4 is 10.3 Å². The molecule has 9 heteroatoms. The van der Waals surface area contributed by atoms with Crippen LogP contribution in [-0.4, -0.2) is 30.8 Å². The van der Waals surface area contributed by atoms with Crippen LogP contribution in [0.15, 0.2) is 71.9 Å². The Balaban J connectivity index is 1.58. The zero-order valence-electron chi connectivity index (χ0n) is 17.2. The summed E-state index contributed by atoms with van der Waals surface area (Å²) >= 11 is 0. The fourth-order valence-electron chi connectivity index (χ4n) is 4.05. The highest BCUT2D eigenvalue weighted by Gasteiger charge is 2.25. The second-order valence-corrected chi connectivity index (χ2v) is 7.98. The van der Waals surface area contributed by atoms with Crippen LogP contribution in [0.4, 0.5) is 8.78 Å². The van der Waals surface area contributed by atoms with Crippen molar-refractivity contribution in [2.45, 2.75) is 25.4 Å². The third kappa shape index (κ3) is 3.51. The molecular formula is C24H17F2N5O2. The number of hydrogen-bond acceptors (Lipinski definition) is 5. The van der Waals surface area contributed by atoms with Crippen molar-refractivity contribution in [2.75, 3.05) is 0 Å². The van der Waals surface area contributed by atoms with Crippen LogP contribution in [0.3, 0.4) is 0 Å². The molecule has 33 heavy (non-hydrogen) atoms. The average Bonchev–Trinajstić information content (AvgIpc) is 3.56. The van der Waals surface area contributed by atoms with E-state index in [0.29, 0.717) is 33.8 Å². The van der Waals surface area contributed by atoms with Gasteiger partial charge in [0, 0.05) is 17.4 Å². The predicted molar refractivity (Wildman–Crippen MR) is 118 cm³/mol. The maximum atomic E-state index is 13.7. The van der Waals surface area contributed by atoms with E-state index >= 15 is 0 Å². The first-order valence-electron chi connectivity index (χ1n) is 10.5. The summed E-state index contributed by atoms with van der Waals surface area (Å²) in [6, 6.07) is 15.5. The van der Waals surface area contributed by atoms with Crippen molar-refractivity contribution in [3.63, 3.8) is 0 Å². The first kappa shape index (κ1) is 19.5. The van der Waals surface area contributed by atoms with Crippen molar-refractivity contribution in [2.24, 2.45) is 0 Å². The fourth-order valence-corrected chi connectivity index (χ4v) is 4.05. The van der Waals surface area contributed by atoms with E-state index in [-0.39, 0.29) is 17.0 Å². The molecule has 164 valence electrons. The van der Waals surface area contributed by atoms with Crippen LogP contribution in [0.5, 0.6) is 5.75 Å². The Kier molecular flexibility index (Phi) is 4.42. The van der Waals surface area contributed by atoms with Crippen molar-refractivity contribution >= 4 is 16.7 Å². The number of nitrogens with zero attached hydrogens (tertiary/aromatic N) is 5. The van der Waals surface area contributed by atoms with Gasteiger partial charge < -0.3 is 4.74 Å². The number of rotatable bonds is 5. The lowest BCUT2D eigenvalue weighted by atomic mass is 10.1. The molecule has 3 heterocycles. The van der Waals surface area contributed by atoms with E-state index in [9.17, 15) is 13.6 Å². The lowest BCUT2D eigenvalue weighted by Crippen LogP contribution is -2.22. The van der Waals surface area contributed by atoms with Gasteiger partial charge in [0.2, 0.25) is 0 Å². The molecule has 6 rings (SSSR count). The molecule has 0 unspecified atom stereocenters. The first-order chi connectivity index (χ1) is 16.1. The topological polar surface area (TPSA) is 74.3 Å². The summed E-state index contributed by atoms with van der Waals surface area (Å²) in [5, 5.41) is 4.14. The van der Waals surface area contributed by atoms with Crippen molar-refractivity contribution in [1.82, 2.24) is 24.1 Å². The number of halogens is 2. The van der Waals surface area contributed by atoms with Gasteiger partial charge in [0.25, 0.3) is 5.56 Å². The van der Waals surface area contributed by atoms with Crippen LogP contribution in [0.1, 0.15) is 24.3 Å². The van der Waals surface area contributed by atoms with Crippen LogP contribution in [0.25, 0.3) is 33.6 Å². The zero-order valence-corrected chi connectivity index (χ0v) is 17.2. The number of pyridine rings is 1. The average molecular weight is 445 g/mol. The Morgan fingerprint density at radius 1 is 1.03 bits per heavy atom. The maximum absolute atomic E-state index is 13.7. The van der Waals surface area contributed by atoms with E-state index in [2.05, 4.69) is 19.8 Å². The summed E-state index contributed by atoms with van der Waals surface area (Å²) in [6.07, 6.45) is 5.39. The molecule has 1 aliphatic carbocycles. The van der Waals surface area contributed by atoms with Gasteiger partial charge in [0.05, 0.1) is 11.0 Å². The van der Waals surface area contributed by atoms with Gasteiger partial charge in [-0.15, -0.1) is 0 Å². The molecule has 1 fully saturated rings. The third-order valence-corrected chi connectivity index (χ3v) is 5.79. The van der Waals surface area contributed by atoms with Crippen molar-refractivity contribution in [3.8, 4) is 22.7 Å². The standard InChI is InChI=1S/C24H17F2N5O2/c25-24(26)33-18-7-5-17(6-8-18)31-20-11-15(14-1-2-14)3-9-19(20)29-22(23(31)32)16-4-10-21-27-13-28-30(21)12-16/h3-14,24H,1-2H2. The molecule has 2 aromatic carbocycles. The van der Waals surface area contributed by atoms with Crippen LogP contribution in [-0.2, 0) is 0 Å². The number of benzene rings is 2. The molecule has 7 nitrogen and oxygen atoms in total. The molecule has 5 aromatic rings. The summed E-state index contributed by atoms with van der Waals surface area (Å²) < 4.78 is 32.8. The maximum Gasteiger partial charge on any atom is 0.387 e. The third-order valence-electron chi connectivity index (χ3n) is 5.79. The number of aromatic nitrogens is 5. The molecule has 0 spiro atoms.